The van der Waals surface area contributed by atoms with Crippen LogP contribution in [-0.4, -0.2) is 40.0 Å². The number of aliphatic carboxylic acids is 2. The first-order valence-corrected chi connectivity index (χ1v) is 8.79. The third kappa shape index (κ3) is 9.63. The molecule has 2 aromatic rings. The molecular weight excluding hydrogens is 421 g/mol. The molecule has 31 heavy (non-hydrogen) atoms. The SMILES string of the molecule is N[C@](CCC(=O)OCc1ccccc1)(Nc1ccccc1)C(=O)O.O=C(O)C(F)(F)F. The van der Waals surface area contributed by atoms with Gasteiger partial charge >= 0.3 is 24.1 Å². The van der Waals surface area contributed by atoms with Crippen LogP contribution in [0.4, 0.5) is 18.9 Å². The van der Waals surface area contributed by atoms with E-state index >= 15 is 0 Å². The lowest BCUT2D eigenvalue weighted by molar-refractivity contribution is -0.192. The molecule has 0 aliphatic heterocycles. The molecule has 168 valence electrons. The van der Waals surface area contributed by atoms with Gasteiger partial charge in [-0.15, -0.1) is 0 Å². The van der Waals surface area contributed by atoms with Gasteiger partial charge in [-0.25, -0.2) is 9.59 Å². The topological polar surface area (TPSA) is 139 Å². The molecule has 2 rings (SSSR count). The molecule has 1 atom stereocenters. The smallest absolute Gasteiger partial charge is 0.478 e. The highest BCUT2D eigenvalue weighted by molar-refractivity contribution is 5.83. The van der Waals surface area contributed by atoms with Gasteiger partial charge in [0.15, 0.2) is 5.66 Å². The predicted molar refractivity (Wildman–Crippen MR) is 104 cm³/mol. The van der Waals surface area contributed by atoms with Gasteiger partial charge in [-0.2, -0.15) is 13.2 Å². The predicted octanol–water partition coefficient (Wildman–Crippen LogP) is 3.00. The Balaban J connectivity index is 0.000000592. The van der Waals surface area contributed by atoms with Crippen molar-refractivity contribution in [2.45, 2.75) is 31.3 Å². The molecule has 0 saturated heterocycles. The van der Waals surface area contributed by atoms with Gasteiger partial charge in [0.05, 0.1) is 0 Å². The summed E-state index contributed by atoms with van der Waals surface area (Å²) in [5.74, 6) is -4.49. The van der Waals surface area contributed by atoms with E-state index in [1.165, 1.54) is 0 Å². The van der Waals surface area contributed by atoms with Crippen LogP contribution in [0.25, 0.3) is 0 Å². The van der Waals surface area contributed by atoms with Crippen LogP contribution in [0.15, 0.2) is 60.7 Å². The molecule has 5 N–H and O–H groups in total. The van der Waals surface area contributed by atoms with Gasteiger partial charge < -0.3 is 20.3 Å². The van der Waals surface area contributed by atoms with E-state index in [9.17, 15) is 27.9 Å². The number of carboxylic acid groups (broad SMARTS) is 2. The molecule has 0 unspecified atom stereocenters. The number of benzene rings is 2. The fourth-order valence-corrected chi connectivity index (χ4v) is 2.11. The van der Waals surface area contributed by atoms with E-state index in [0.717, 1.165) is 5.56 Å². The van der Waals surface area contributed by atoms with Gasteiger partial charge in [0.25, 0.3) is 0 Å². The highest BCUT2D eigenvalue weighted by Crippen LogP contribution is 2.17. The lowest BCUT2D eigenvalue weighted by Gasteiger charge is -2.26. The number of carbonyl (C=O) groups is 3. The molecule has 0 saturated carbocycles. The Hall–Kier alpha value is -3.60. The van der Waals surface area contributed by atoms with Crippen molar-refractivity contribution < 1.29 is 42.5 Å². The molecule has 0 spiro atoms. The first-order chi connectivity index (χ1) is 14.4. The number of carboxylic acids is 2. The Morgan fingerprint density at radius 3 is 1.84 bits per heavy atom. The van der Waals surface area contributed by atoms with Gasteiger partial charge in [-0.3, -0.25) is 10.5 Å². The van der Waals surface area contributed by atoms with Crippen LogP contribution in [0.1, 0.15) is 18.4 Å². The molecule has 2 aromatic carbocycles. The summed E-state index contributed by atoms with van der Waals surface area (Å²) in [6.45, 7) is 0.149. The van der Waals surface area contributed by atoms with Crippen LogP contribution in [0.5, 0.6) is 0 Å². The largest absolute Gasteiger partial charge is 0.490 e. The molecule has 0 aromatic heterocycles. The molecule has 0 fully saturated rings. The highest BCUT2D eigenvalue weighted by atomic mass is 19.4. The maximum absolute atomic E-state index is 11.8. The number of para-hydroxylation sites is 1. The molecule has 0 amide bonds. The average molecular weight is 442 g/mol. The summed E-state index contributed by atoms with van der Waals surface area (Å²) >= 11 is 0. The molecule has 0 heterocycles. The van der Waals surface area contributed by atoms with E-state index < -0.39 is 29.7 Å². The fourth-order valence-electron chi connectivity index (χ4n) is 2.11. The monoisotopic (exact) mass is 442 g/mol. The Labute approximate surface area is 175 Å². The first kappa shape index (κ1) is 25.4. The zero-order chi connectivity index (χ0) is 23.5. The zero-order valence-electron chi connectivity index (χ0n) is 16.1. The van der Waals surface area contributed by atoms with Crippen LogP contribution in [0, 0.1) is 0 Å². The molecular formula is C20H21F3N2O6. The molecule has 0 aliphatic rings. The third-order valence-electron chi connectivity index (χ3n) is 3.73. The number of anilines is 1. The van der Waals surface area contributed by atoms with Crippen molar-refractivity contribution in [1.82, 2.24) is 0 Å². The van der Waals surface area contributed by atoms with Gasteiger partial charge in [-0.05, 0) is 17.7 Å². The van der Waals surface area contributed by atoms with Crippen molar-refractivity contribution in [3.63, 3.8) is 0 Å². The van der Waals surface area contributed by atoms with E-state index in [1.54, 1.807) is 24.3 Å². The Bertz CT molecular complexity index is 862. The van der Waals surface area contributed by atoms with E-state index in [0.29, 0.717) is 5.69 Å². The van der Waals surface area contributed by atoms with Gasteiger partial charge in [-0.1, -0.05) is 48.5 Å². The Kier molecular flexibility index (Phi) is 9.48. The van der Waals surface area contributed by atoms with Gasteiger partial charge in [0, 0.05) is 18.5 Å². The van der Waals surface area contributed by atoms with Crippen LogP contribution >= 0.6 is 0 Å². The van der Waals surface area contributed by atoms with Crippen molar-refractivity contribution >= 4 is 23.6 Å². The number of esters is 1. The number of nitrogens with two attached hydrogens (primary N) is 1. The maximum Gasteiger partial charge on any atom is 0.490 e. The lowest BCUT2D eigenvalue weighted by Crippen LogP contribution is -2.55. The fraction of sp³-hybridized carbons (Fsp3) is 0.250. The quantitative estimate of drug-likeness (QED) is 0.361. The third-order valence-corrected chi connectivity index (χ3v) is 3.73. The number of carbonyl (C=O) groups excluding carboxylic acids is 1. The van der Waals surface area contributed by atoms with Crippen molar-refractivity contribution in [2.75, 3.05) is 5.32 Å². The minimum atomic E-state index is -5.08. The zero-order valence-corrected chi connectivity index (χ0v) is 16.1. The number of ether oxygens (including phenoxy) is 1. The minimum Gasteiger partial charge on any atom is -0.478 e. The number of nitrogens with one attached hydrogen (secondary N) is 1. The average Bonchev–Trinajstić information content (AvgIpc) is 2.72. The standard InChI is InChI=1S/C18H20N2O4.C2HF3O2/c19-18(17(22)23,20-15-9-5-2-6-10-15)12-11-16(21)24-13-14-7-3-1-4-8-14;3-2(4,5)1(6)7/h1-10,20H,11-13,19H2,(H,22,23);(H,6,7)/t18-;/m1./s1. The number of hydrogen-bond donors (Lipinski definition) is 4. The van der Waals surface area contributed by atoms with Gasteiger partial charge in [0.1, 0.15) is 6.61 Å². The van der Waals surface area contributed by atoms with E-state index in [2.05, 4.69) is 5.32 Å². The molecule has 0 aliphatic carbocycles. The van der Waals surface area contributed by atoms with Crippen LogP contribution < -0.4 is 11.1 Å². The van der Waals surface area contributed by atoms with E-state index in [1.807, 2.05) is 36.4 Å². The second kappa shape index (κ2) is 11.6. The van der Waals surface area contributed by atoms with E-state index in [4.69, 9.17) is 20.4 Å². The maximum atomic E-state index is 11.8. The number of alkyl halides is 3. The Morgan fingerprint density at radius 2 is 1.39 bits per heavy atom. The first-order valence-electron chi connectivity index (χ1n) is 8.79. The number of rotatable bonds is 8. The van der Waals surface area contributed by atoms with Crippen molar-refractivity contribution in [3.8, 4) is 0 Å². The van der Waals surface area contributed by atoms with Crippen LogP contribution in [0.3, 0.4) is 0 Å². The molecule has 8 nitrogen and oxygen atoms in total. The summed E-state index contributed by atoms with van der Waals surface area (Å²) in [6, 6.07) is 18.0. The highest BCUT2D eigenvalue weighted by Gasteiger charge is 2.38. The Morgan fingerprint density at radius 1 is 0.903 bits per heavy atom. The van der Waals surface area contributed by atoms with Gasteiger partial charge in [0.2, 0.25) is 0 Å². The number of hydrogen-bond acceptors (Lipinski definition) is 6. The summed E-state index contributed by atoms with van der Waals surface area (Å²) in [5.41, 5.74) is 5.60. The van der Waals surface area contributed by atoms with E-state index in [-0.39, 0.29) is 19.4 Å². The van der Waals surface area contributed by atoms with Crippen molar-refractivity contribution in [2.24, 2.45) is 5.73 Å². The summed E-state index contributed by atoms with van der Waals surface area (Å²) in [5, 5.41) is 19.3. The summed E-state index contributed by atoms with van der Waals surface area (Å²) < 4.78 is 36.9. The molecule has 0 radical (unpaired) electrons. The van der Waals surface area contributed by atoms with Crippen molar-refractivity contribution in [1.29, 1.82) is 0 Å². The summed E-state index contributed by atoms with van der Waals surface area (Å²) in [4.78, 5) is 32.2. The second-order valence-electron chi connectivity index (χ2n) is 6.22. The molecule has 11 heteroatoms. The summed E-state index contributed by atoms with van der Waals surface area (Å²) in [6.07, 6.45) is -5.28. The van der Waals surface area contributed by atoms with Crippen molar-refractivity contribution in [3.05, 3.63) is 66.2 Å². The second-order valence-corrected chi connectivity index (χ2v) is 6.22. The normalized spacial score (nSPS) is 12.5. The summed E-state index contributed by atoms with van der Waals surface area (Å²) in [7, 11) is 0. The lowest BCUT2D eigenvalue weighted by atomic mass is 10.0. The number of halogens is 3. The van der Waals surface area contributed by atoms with Crippen LogP contribution in [0.2, 0.25) is 0 Å². The minimum absolute atomic E-state index is 0.0924. The molecule has 0 bridgehead atoms. The van der Waals surface area contributed by atoms with Crippen LogP contribution in [-0.2, 0) is 25.7 Å².